The number of fused-ring (bicyclic) bond motifs is 3. The second kappa shape index (κ2) is 5.79. The van der Waals surface area contributed by atoms with Gasteiger partial charge in [-0.3, -0.25) is 4.18 Å². The molecule has 6 heteroatoms. The van der Waals surface area contributed by atoms with Crippen molar-refractivity contribution in [2.45, 2.75) is 23.8 Å². The molecule has 3 aliphatic rings. The van der Waals surface area contributed by atoms with Gasteiger partial charge in [-0.1, -0.05) is 18.2 Å². The van der Waals surface area contributed by atoms with E-state index in [1.54, 1.807) is 30.3 Å². The maximum atomic E-state index is 12.1. The maximum absolute atomic E-state index is 12.1. The second-order valence-electron chi connectivity index (χ2n) is 5.19. The normalized spacial score (nSPS) is 29.8. The molecule has 0 aliphatic carbocycles. The highest BCUT2D eigenvalue weighted by Crippen LogP contribution is 2.24. The van der Waals surface area contributed by atoms with Crippen LogP contribution in [0.3, 0.4) is 0 Å². The van der Waals surface area contributed by atoms with Crippen LogP contribution >= 0.6 is 0 Å². The predicted molar refractivity (Wildman–Crippen MR) is 66.8 cm³/mol. The van der Waals surface area contributed by atoms with E-state index >= 15 is 0 Å². The number of hydrogen-bond donors (Lipinski definition) is 1. The van der Waals surface area contributed by atoms with E-state index in [1.807, 2.05) is 0 Å². The minimum atomic E-state index is -3.60. The second-order valence-corrected chi connectivity index (χ2v) is 6.77. The number of rotatable bonds is 3. The van der Waals surface area contributed by atoms with Crippen molar-refractivity contribution in [3.05, 3.63) is 30.3 Å². The van der Waals surface area contributed by atoms with Crippen molar-refractivity contribution >= 4 is 10.1 Å². The van der Waals surface area contributed by atoms with Gasteiger partial charge in [0.1, 0.15) is 12.6 Å². The van der Waals surface area contributed by atoms with Crippen LogP contribution in [0.1, 0.15) is 12.8 Å². The zero-order chi connectivity index (χ0) is 12.6. The molecular formula is C13H18ClNO3S. The van der Waals surface area contributed by atoms with Crippen LogP contribution in [-0.4, -0.2) is 34.2 Å². The van der Waals surface area contributed by atoms with Gasteiger partial charge < -0.3 is 17.3 Å². The molecule has 1 N–H and O–H groups in total. The van der Waals surface area contributed by atoms with Crippen molar-refractivity contribution in [1.82, 2.24) is 0 Å². The molecule has 106 valence electrons. The van der Waals surface area contributed by atoms with E-state index in [4.69, 9.17) is 4.18 Å². The van der Waals surface area contributed by atoms with E-state index in [1.165, 1.54) is 4.90 Å². The van der Waals surface area contributed by atoms with Gasteiger partial charge in [-0.2, -0.15) is 8.42 Å². The van der Waals surface area contributed by atoms with Crippen LogP contribution in [0.15, 0.2) is 35.2 Å². The summed E-state index contributed by atoms with van der Waals surface area (Å²) in [6, 6.07) is 8.42. The summed E-state index contributed by atoms with van der Waals surface area (Å²) in [7, 11) is -3.60. The Balaban J connectivity index is 0.00000133. The lowest BCUT2D eigenvalue weighted by Gasteiger charge is -2.40. The van der Waals surface area contributed by atoms with Crippen molar-refractivity contribution in [2.75, 3.05) is 19.6 Å². The maximum Gasteiger partial charge on any atom is 0.297 e. The molecule has 0 spiro atoms. The van der Waals surface area contributed by atoms with E-state index in [-0.39, 0.29) is 23.4 Å². The first-order valence-corrected chi connectivity index (χ1v) is 7.88. The fraction of sp³-hybridized carbons (Fsp3) is 0.538. The molecule has 2 bridgehead atoms. The molecule has 4 rings (SSSR count). The molecule has 0 aromatic heterocycles. The van der Waals surface area contributed by atoms with Crippen LogP contribution in [0.2, 0.25) is 0 Å². The Morgan fingerprint density at radius 1 is 1.11 bits per heavy atom. The molecule has 4 nitrogen and oxygen atoms in total. The Morgan fingerprint density at radius 3 is 2.26 bits per heavy atom. The van der Waals surface area contributed by atoms with Gasteiger partial charge in [0.15, 0.2) is 0 Å². The molecule has 3 heterocycles. The number of halogens is 1. The number of benzene rings is 1. The first-order chi connectivity index (χ1) is 8.65. The smallest absolute Gasteiger partial charge is 0.297 e. The Hall–Kier alpha value is -0.620. The summed E-state index contributed by atoms with van der Waals surface area (Å²) >= 11 is 0. The summed E-state index contributed by atoms with van der Waals surface area (Å²) in [4.78, 5) is 1.74. The molecule has 0 amide bonds. The zero-order valence-electron chi connectivity index (χ0n) is 10.6. The van der Waals surface area contributed by atoms with E-state index in [0.717, 1.165) is 32.5 Å². The van der Waals surface area contributed by atoms with E-state index in [2.05, 4.69) is 0 Å². The molecule has 3 aliphatic heterocycles. The Morgan fingerprint density at radius 2 is 1.74 bits per heavy atom. The molecule has 3 saturated heterocycles. The topological polar surface area (TPSA) is 47.8 Å². The van der Waals surface area contributed by atoms with Crippen molar-refractivity contribution in [1.29, 1.82) is 0 Å². The average molecular weight is 304 g/mol. The fourth-order valence-electron chi connectivity index (χ4n) is 2.99. The standard InChI is InChI=1S/C13H17NO3S.ClH/c15-18(16,12-4-2-1-3-5-12)17-13-10-14-8-6-11(13)7-9-14;/h1-5,11,13H,6-10H2;1H. The third-order valence-electron chi connectivity index (χ3n) is 4.04. The highest BCUT2D eigenvalue weighted by Gasteiger charge is 2.40. The van der Waals surface area contributed by atoms with Crippen molar-refractivity contribution in [3.8, 4) is 0 Å². The molecule has 1 aromatic rings. The lowest BCUT2D eigenvalue weighted by molar-refractivity contribution is -0.920. The van der Waals surface area contributed by atoms with Gasteiger partial charge in [0.05, 0.1) is 18.0 Å². The van der Waals surface area contributed by atoms with Crippen LogP contribution in [0.4, 0.5) is 0 Å². The zero-order valence-corrected chi connectivity index (χ0v) is 12.2. The van der Waals surface area contributed by atoms with Gasteiger partial charge in [0.2, 0.25) is 0 Å². The Bertz CT molecular complexity index is 512. The van der Waals surface area contributed by atoms with Crippen LogP contribution < -0.4 is 17.3 Å². The first-order valence-electron chi connectivity index (χ1n) is 6.47. The monoisotopic (exact) mass is 303 g/mol. The first kappa shape index (κ1) is 14.8. The SMILES string of the molecule is O=S(=O)(OC1C[NH+]2CCC1CC2)c1ccccc1.[Cl-]. The van der Waals surface area contributed by atoms with Crippen molar-refractivity contribution in [3.63, 3.8) is 0 Å². The minimum Gasteiger partial charge on any atom is -1.00 e. The molecule has 1 atom stereocenters. The van der Waals surface area contributed by atoms with Crippen LogP contribution in [0.25, 0.3) is 0 Å². The lowest BCUT2D eigenvalue weighted by atomic mass is 9.86. The number of nitrogens with one attached hydrogen (secondary N) is 1. The molecular weight excluding hydrogens is 286 g/mol. The van der Waals surface area contributed by atoms with Crippen LogP contribution in [-0.2, 0) is 14.3 Å². The summed E-state index contributed by atoms with van der Waals surface area (Å²) in [5.74, 6) is 0.418. The summed E-state index contributed by atoms with van der Waals surface area (Å²) in [5, 5.41) is 0. The van der Waals surface area contributed by atoms with Gasteiger partial charge in [-0.25, -0.2) is 0 Å². The number of quaternary nitrogens is 1. The summed E-state index contributed by atoms with van der Waals surface area (Å²) in [6.07, 6.45) is 2.04. The predicted octanol–water partition coefficient (Wildman–Crippen LogP) is -2.93. The quantitative estimate of drug-likeness (QED) is 0.609. The Kier molecular flexibility index (Phi) is 4.50. The highest BCUT2D eigenvalue weighted by molar-refractivity contribution is 7.86. The van der Waals surface area contributed by atoms with E-state index in [9.17, 15) is 8.42 Å². The van der Waals surface area contributed by atoms with Crippen LogP contribution in [0.5, 0.6) is 0 Å². The third-order valence-corrected chi connectivity index (χ3v) is 5.39. The molecule has 1 aromatic carbocycles. The summed E-state index contributed by atoms with van der Waals surface area (Å²) in [5.41, 5.74) is 0. The van der Waals surface area contributed by atoms with E-state index < -0.39 is 10.1 Å². The van der Waals surface area contributed by atoms with Crippen molar-refractivity contribution in [2.24, 2.45) is 5.92 Å². The molecule has 19 heavy (non-hydrogen) atoms. The summed E-state index contributed by atoms with van der Waals surface area (Å²) in [6.45, 7) is 3.16. The summed E-state index contributed by atoms with van der Waals surface area (Å²) < 4.78 is 29.7. The lowest BCUT2D eigenvalue weighted by Crippen LogP contribution is -3.16. The molecule has 1 unspecified atom stereocenters. The van der Waals surface area contributed by atoms with Gasteiger partial charge in [-0.05, 0) is 12.1 Å². The minimum absolute atomic E-state index is 0. The van der Waals surface area contributed by atoms with Gasteiger partial charge >= 0.3 is 0 Å². The number of piperidine rings is 3. The van der Waals surface area contributed by atoms with Crippen LogP contribution in [0, 0.1) is 5.92 Å². The average Bonchev–Trinajstić information content (AvgIpc) is 2.41. The van der Waals surface area contributed by atoms with Gasteiger partial charge in [0, 0.05) is 18.8 Å². The van der Waals surface area contributed by atoms with Crippen molar-refractivity contribution < 1.29 is 29.9 Å². The van der Waals surface area contributed by atoms with Gasteiger partial charge in [0.25, 0.3) is 10.1 Å². The fourth-order valence-corrected chi connectivity index (χ4v) is 4.15. The molecule has 3 fully saturated rings. The largest absolute Gasteiger partial charge is 1.00 e. The molecule has 0 saturated carbocycles. The van der Waals surface area contributed by atoms with Gasteiger partial charge in [-0.15, -0.1) is 0 Å². The van der Waals surface area contributed by atoms with E-state index in [0.29, 0.717) is 5.92 Å². The highest BCUT2D eigenvalue weighted by atomic mass is 35.5. The third kappa shape index (κ3) is 3.11. The number of hydrogen-bond acceptors (Lipinski definition) is 3. The molecule has 0 radical (unpaired) electrons. The Labute approximate surface area is 120 Å².